The minimum atomic E-state index is -5.65. The molecule has 25 heavy (non-hydrogen) atoms. The molecule has 0 saturated heterocycles. The van der Waals surface area contributed by atoms with Gasteiger partial charge in [0.25, 0.3) is 0 Å². The van der Waals surface area contributed by atoms with Crippen LogP contribution in [0.25, 0.3) is 0 Å². The number of hydrogen-bond acceptors (Lipinski definition) is 3. The SMILES string of the molecule is Cc1cc(C(C2CCC(O)=C(N)C2)(C(F)(F)F)C(F)(F)F)ccc1O. The highest BCUT2D eigenvalue weighted by Crippen LogP contribution is 2.59. The number of aryl methyl sites for hydroxylation is 1. The van der Waals surface area contributed by atoms with Crippen LogP contribution in [0.4, 0.5) is 26.3 Å². The van der Waals surface area contributed by atoms with Gasteiger partial charge >= 0.3 is 12.4 Å². The maximum absolute atomic E-state index is 13.9. The molecule has 0 spiro atoms. The highest BCUT2D eigenvalue weighted by atomic mass is 19.4. The van der Waals surface area contributed by atoms with Gasteiger partial charge in [-0.15, -0.1) is 0 Å². The molecule has 3 nitrogen and oxygen atoms in total. The highest BCUT2D eigenvalue weighted by molar-refractivity contribution is 5.41. The number of alkyl halides is 6. The summed E-state index contributed by atoms with van der Waals surface area (Å²) in [5.74, 6) is -2.70. The van der Waals surface area contributed by atoms with Crippen LogP contribution in [0.2, 0.25) is 0 Å². The van der Waals surface area contributed by atoms with Crippen molar-refractivity contribution in [2.75, 3.05) is 0 Å². The average molecular weight is 369 g/mol. The second-order valence-corrected chi connectivity index (χ2v) is 6.22. The van der Waals surface area contributed by atoms with Gasteiger partial charge in [-0.25, -0.2) is 0 Å². The summed E-state index contributed by atoms with van der Waals surface area (Å²) in [6.07, 6.45) is -12.9. The zero-order valence-electron chi connectivity index (χ0n) is 13.2. The number of aliphatic hydroxyl groups is 1. The van der Waals surface area contributed by atoms with Crippen molar-refractivity contribution in [3.05, 3.63) is 40.8 Å². The van der Waals surface area contributed by atoms with E-state index in [1.54, 1.807) is 0 Å². The number of halogens is 6. The molecule has 0 aliphatic heterocycles. The minimum absolute atomic E-state index is 0.0995. The van der Waals surface area contributed by atoms with Gasteiger partial charge in [-0.05, 0) is 42.9 Å². The summed E-state index contributed by atoms with van der Waals surface area (Å²) in [4.78, 5) is 0. The van der Waals surface area contributed by atoms with Gasteiger partial charge in [0.2, 0.25) is 0 Å². The lowest BCUT2D eigenvalue weighted by molar-refractivity contribution is -0.320. The van der Waals surface area contributed by atoms with E-state index >= 15 is 0 Å². The molecule has 1 aromatic carbocycles. The van der Waals surface area contributed by atoms with Crippen LogP contribution in [0.5, 0.6) is 5.75 Å². The average Bonchev–Trinajstić information content (AvgIpc) is 2.44. The number of benzene rings is 1. The molecule has 0 bridgehead atoms. The lowest BCUT2D eigenvalue weighted by atomic mass is 9.64. The van der Waals surface area contributed by atoms with Crippen LogP contribution < -0.4 is 5.73 Å². The van der Waals surface area contributed by atoms with E-state index in [0.717, 1.165) is 6.07 Å². The maximum atomic E-state index is 13.9. The van der Waals surface area contributed by atoms with Gasteiger partial charge in [-0.1, -0.05) is 12.1 Å². The first kappa shape index (κ1) is 19.3. The third kappa shape index (κ3) is 3.00. The number of allylic oxidation sites excluding steroid dienone is 2. The lowest BCUT2D eigenvalue weighted by Gasteiger charge is -2.45. The maximum Gasteiger partial charge on any atom is 0.407 e. The highest BCUT2D eigenvalue weighted by Gasteiger charge is 2.74. The van der Waals surface area contributed by atoms with E-state index in [1.807, 2.05) is 0 Å². The number of phenols is 1. The van der Waals surface area contributed by atoms with Crippen LogP contribution >= 0.6 is 0 Å². The lowest BCUT2D eigenvalue weighted by Crippen LogP contribution is -2.59. The predicted octanol–water partition coefficient (Wildman–Crippen LogP) is 4.59. The van der Waals surface area contributed by atoms with Crippen molar-refractivity contribution in [1.82, 2.24) is 0 Å². The first-order valence-electron chi connectivity index (χ1n) is 7.42. The van der Waals surface area contributed by atoms with E-state index in [4.69, 9.17) is 5.73 Å². The van der Waals surface area contributed by atoms with Gasteiger partial charge in [0.05, 0.1) is 0 Å². The molecule has 0 aromatic heterocycles. The van der Waals surface area contributed by atoms with E-state index in [9.17, 15) is 36.6 Å². The van der Waals surface area contributed by atoms with E-state index in [0.29, 0.717) is 12.1 Å². The molecule has 1 unspecified atom stereocenters. The van der Waals surface area contributed by atoms with Crippen molar-refractivity contribution in [3.8, 4) is 5.75 Å². The van der Waals surface area contributed by atoms with E-state index < -0.39 is 47.8 Å². The normalized spacial score (nSPS) is 20.0. The van der Waals surface area contributed by atoms with Gasteiger partial charge in [0.15, 0.2) is 5.41 Å². The monoisotopic (exact) mass is 369 g/mol. The second-order valence-electron chi connectivity index (χ2n) is 6.22. The summed E-state index contributed by atoms with van der Waals surface area (Å²) in [7, 11) is 0. The van der Waals surface area contributed by atoms with Gasteiger partial charge in [0, 0.05) is 12.1 Å². The molecule has 1 aromatic rings. The van der Waals surface area contributed by atoms with Crippen LogP contribution in [-0.2, 0) is 5.41 Å². The van der Waals surface area contributed by atoms with E-state index in [2.05, 4.69) is 0 Å². The zero-order chi connectivity index (χ0) is 19.2. The minimum Gasteiger partial charge on any atom is -0.511 e. The van der Waals surface area contributed by atoms with E-state index in [1.165, 1.54) is 6.92 Å². The van der Waals surface area contributed by atoms with Crippen molar-refractivity contribution in [2.24, 2.45) is 11.7 Å². The molecule has 0 saturated carbocycles. The number of aliphatic hydroxyl groups excluding tert-OH is 1. The Labute approximate surface area is 139 Å². The Kier molecular flexibility index (Phi) is 4.65. The van der Waals surface area contributed by atoms with Crippen molar-refractivity contribution in [3.63, 3.8) is 0 Å². The fourth-order valence-corrected chi connectivity index (χ4v) is 3.41. The Balaban J connectivity index is 2.76. The second kappa shape index (κ2) is 6.03. The summed E-state index contributed by atoms with van der Waals surface area (Å²) in [5.41, 5.74) is -0.178. The Morgan fingerprint density at radius 1 is 1.04 bits per heavy atom. The molecule has 140 valence electrons. The van der Waals surface area contributed by atoms with Crippen LogP contribution in [0.15, 0.2) is 29.7 Å². The zero-order valence-corrected chi connectivity index (χ0v) is 13.2. The van der Waals surface area contributed by atoms with Crippen molar-refractivity contribution < 1.29 is 36.6 Å². The number of phenolic OH excluding ortho intramolecular Hbond substituents is 1. The van der Waals surface area contributed by atoms with Crippen molar-refractivity contribution in [1.29, 1.82) is 0 Å². The third-order valence-corrected chi connectivity index (χ3v) is 4.73. The van der Waals surface area contributed by atoms with Crippen LogP contribution in [0, 0.1) is 12.8 Å². The molecule has 2 rings (SSSR count). The largest absolute Gasteiger partial charge is 0.511 e. The first-order valence-corrected chi connectivity index (χ1v) is 7.42. The molecule has 1 aliphatic rings. The number of nitrogens with two attached hydrogens (primary N) is 1. The number of rotatable bonds is 2. The van der Waals surface area contributed by atoms with Crippen LogP contribution in [-0.4, -0.2) is 22.6 Å². The fraction of sp³-hybridized carbons (Fsp3) is 0.500. The van der Waals surface area contributed by atoms with Crippen molar-refractivity contribution >= 4 is 0 Å². The molecule has 9 heteroatoms. The Morgan fingerprint density at radius 3 is 2.04 bits per heavy atom. The first-order chi connectivity index (χ1) is 11.3. The fourth-order valence-electron chi connectivity index (χ4n) is 3.41. The summed E-state index contributed by atoms with van der Waals surface area (Å²) < 4.78 is 83.4. The number of hydrogen-bond donors (Lipinski definition) is 3. The van der Waals surface area contributed by atoms with Crippen LogP contribution in [0.1, 0.15) is 30.4 Å². The van der Waals surface area contributed by atoms with Gasteiger partial charge in [-0.3, -0.25) is 0 Å². The smallest absolute Gasteiger partial charge is 0.407 e. The number of aromatic hydroxyl groups is 1. The molecule has 1 atom stereocenters. The summed E-state index contributed by atoms with van der Waals surface area (Å²) in [6.45, 7) is 1.22. The summed E-state index contributed by atoms with van der Waals surface area (Å²) >= 11 is 0. The van der Waals surface area contributed by atoms with Gasteiger partial charge in [-0.2, -0.15) is 26.3 Å². The molecule has 0 heterocycles. The Bertz CT molecular complexity index is 679. The Morgan fingerprint density at radius 2 is 1.60 bits per heavy atom. The quantitative estimate of drug-likeness (QED) is 0.668. The van der Waals surface area contributed by atoms with Gasteiger partial charge in [0.1, 0.15) is 11.5 Å². The predicted molar refractivity (Wildman–Crippen MR) is 77.8 cm³/mol. The van der Waals surface area contributed by atoms with E-state index in [-0.39, 0.29) is 23.4 Å². The Hall–Kier alpha value is -2.06. The molecular formula is C16H17F6NO2. The molecule has 0 amide bonds. The molecular weight excluding hydrogens is 352 g/mol. The molecule has 0 fully saturated rings. The van der Waals surface area contributed by atoms with Gasteiger partial charge < -0.3 is 15.9 Å². The summed E-state index contributed by atoms with van der Waals surface area (Å²) in [5, 5.41) is 19.0. The van der Waals surface area contributed by atoms with Crippen LogP contribution in [0.3, 0.4) is 0 Å². The third-order valence-electron chi connectivity index (χ3n) is 4.73. The molecule has 0 radical (unpaired) electrons. The summed E-state index contributed by atoms with van der Waals surface area (Å²) in [6, 6.07) is 2.15. The molecule has 1 aliphatic carbocycles. The topological polar surface area (TPSA) is 66.5 Å². The molecule has 4 N–H and O–H groups in total. The standard InChI is InChI=1S/C16H17F6NO2/c1-8-6-9(2-4-12(8)24)14(15(17,18)19,16(20,21)22)10-3-5-13(25)11(23)7-10/h2,4,6,10,24-25H,3,5,7,23H2,1H3. The van der Waals surface area contributed by atoms with Crippen molar-refractivity contribution in [2.45, 2.75) is 44.0 Å².